The smallest absolute Gasteiger partial charge is 0.122 e. The van der Waals surface area contributed by atoms with Crippen molar-refractivity contribution in [1.29, 1.82) is 0 Å². The van der Waals surface area contributed by atoms with Crippen LogP contribution in [0.2, 0.25) is 0 Å². The maximum atomic E-state index is 10.5. The van der Waals surface area contributed by atoms with Crippen LogP contribution in [-0.4, -0.2) is 6.29 Å². The van der Waals surface area contributed by atoms with Crippen molar-refractivity contribution in [2.24, 2.45) is 5.92 Å². The molecule has 0 amide bonds. The lowest BCUT2D eigenvalue weighted by atomic mass is 10.0. The molecule has 0 N–H and O–H groups in total. The number of hydrogen-bond acceptors (Lipinski definition) is 1. The molecule has 0 saturated carbocycles. The molecule has 0 aliphatic heterocycles. The van der Waals surface area contributed by atoms with Gasteiger partial charge in [-0.2, -0.15) is 0 Å². The molecular weight excluding hydrogens is 208 g/mol. The Morgan fingerprint density at radius 3 is 2.41 bits per heavy atom. The number of hydrogen-bond donors (Lipinski definition) is 0. The summed E-state index contributed by atoms with van der Waals surface area (Å²) in [5, 5.41) is 0. The third kappa shape index (κ3) is 11.7. The van der Waals surface area contributed by atoms with Gasteiger partial charge in [-0.1, -0.05) is 57.6 Å². The molecule has 17 heavy (non-hydrogen) atoms. The van der Waals surface area contributed by atoms with Gasteiger partial charge in [-0.05, 0) is 32.6 Å². The molecule has 100 valence electrons. The second-order valence-electron chi connectivity index (χ2n) is 5.26. The Morgan fingerprint density at radius 1 is 1.12 bits per heavy atom. The molecule has 0 saturated heterocycles. The van der Waals surface area contributed by atoms with Crippen molar-refractivity contribution < 1.29 is 4.79 Å². The fourth-order valence-corrected chi connectivity index (χ4v) is 1.95. The van der Waals surface area contributed by atoms with Crippen molar-refractivity contribution >= 4 is 6.29 Å². The van der Waals surface area contributed by atoms with E-state index in [1.807, 2.05) is 6.92 Å². The van der Waals surface area contributed by atoms with Gasteiger partial charge in [-0.25, -0.2) is 0 Å². The third-order valence-electron chi connectivity index (χ3n) is 3.27. The van der Waals surface area contributed by atoms with Crippen molar-refractivity contribution in [3.05, 3.63) is 11.6 Å². The maximum Gasteiger partial charge on any atom is 0.122 e. The molecule has 1 heteroatoms. The number of carbonyl (C=O) groups excluding carboxylic acids is 1. The van der Waals surface area contributed by atoms with Crippen LogP contribution in [0.4, 0.5) is 0 Å². The van der Waals surface area contributed by atoms with Crippen LogP contribution in [0.25, 0.3) is 0 Å². The summed E-state index contributed by atoms with van der Waals surface area (Å²) in [6, 6.07) is 0. The van der Waals surface area contributed by atoms with Crippen molar-refractivity contribution in [3.63, 3.8) is 0 Å². The van der Waals surface area contributed by atoms with E-state index in [1.54, 1.807) is 0 Å². The van der Waals surface area contributed by atoms with E-state index in [2.05, 4.69) is 19.9 Å². The van der Waals surface area contributed by atoms with Crippen molar-refractivity contribution in [2.75, 3.05) is 0 Å². The highest BCUT2D eigenvalue weighted by Gasteiger charge is 1.97. The number of aldehydes is 1. The first-order valence-corrected chi connectivity index (χ1v) is 7.31. The molecule has 0 fully saturated rings. The van der Waals surface area contributed by atoms with Crippen LogP contribution in [0.3, 0.4) is 0 Å². The lowest BCUT2D eigenvalue weighted by Crippen LogP contribution is -1.93. The van der Waals surface area contributed by atoms with Crippen LogP contribution < -0.4 is 0 Å². The Morgan fingerprint density at radius 2 is 1.76 bits per heavy atom. The van der Waals surface area contributed by atoms with Gasteiger partial charge < -0.3 is 4.79 Å². The molecule has 0 spiro atoms. The van der Waals surface area contributed by atoms with E-state index >= 15 is 0 Å². The summed E-state index contributed by atoms with van der Waals surface area (Å²) in [6.07, 6.45) is 14.9. The molecule has 0 rings (SSSR count). The second-order valence-corrected chi connectivity index (χ2v) is 5.26. The first-order chi connectivity index (χ1) is 8.20. The number of carbonyl (C=O) groups is 1. The van der Waals surface area contributed by atoms with E-state index in [9.17, 15) is 4.79 Å². The first kappa shape index (κ1) is 16.4. The Balaban J connectivity index is 3.41. The minimum Gasteiger partial charge on any atom is -0.303 e. The molecule has 0 heterocycles. The number of allylic oxidation sites excluding steroid dienone is 2. The Bertz CT molecular complexity index is 206. The van der Waals surface area contributed by atoms with Gasteiger partial charge in [0.05, 0.1) is 0 Å². The minimum atomic E-state index is 0.216. The molecule has 1 unspecified atom stereocenters. The number of rotatable bonds is 11. The summed E-state index contributed by atoms with van der Waals surface area (Å²) in [4.78, 5) is 10.5. The van der Waals surface area contributed by atoms with Crippen LogP contribution in [0.1, 0.15) is 78.6 Å². The van der Waals surface area contributed by atoms with Gasteiger partial charge in [0.25, 0.3) is 0 Å². The summed E-state index contributed by atoms with van der Waals surface area (Å²) in [5.41, 5.74) is 1.50. The van der Waals surface area contributed by atoms with Gasteiger partial charge in [0.1, 0.15) is 6.29 Å². The van der Waals surface area contributed by atoms with Gasteiger partial charge in [0.15, 0.2) is 0 Å². The molecule has 1 atom stereocenters. The van der Waals surface area contributed by atoms with E-state index in [4.69, 9.17) is 0 Å². The summed E-state index contributed by atoms with van der Waals surface area (Å²) in [6.45, 7) is 6.47. The molecule has 0 aromatic rings. The molecule has 0 bridgehead atoms. The fourth-order valence-electron chi connectivity index (χ4n) is 1.95. The van der Waals surface area contributed by atoms with E-state index < -0.39 is 0 Å². The largest absolute Gasteiger partial charge is 0.303 e. The average molecular weight is 238 g/mol. The highest BCUT2D eigenvalue weighted by atomic mass is 16.1. The molecular formula is C16H30O. The fraction of sp³-hybridized carbons (Fsp3) is 0.812. The lowest BCUT2D eigenvalue weighted by molar-refractivity contribution is -0.110. The number of unbranched alkanes of at least 4 members (excludes halogenated alkanes) is 5. The van der Waals surface area contributed by atoms with Crippen molar-refractivity contribution in [2.45, 2.75) is 78.6 Å². The van der Waals surface area contributed by atoms with Crippen LogP contribution in [-0.2, 0) is 4.79 Å². The van der Waals surface area contributed by atoms with E-state index in [0.717, 1.165) is 19.1 Å². The van der Waals surface area contributed by atoms with Crippen LogP contribution in [0.5, 0.6) is 0 Å². The summed E-state index contributed by atoms with van der Waals surface area (Å²) < 4.78 is 0. The van der Waals surface area contributed by atoms with Crippen molar-refractivity contribution in [1.82, 2.24) is 0 Å². The van der Waals surface area contributed by atoms with Crippen LogP contribution >= 0.6 is 0 Å². The molecule has 1 nitrogen and oxygen atoms in total. The van der Waals surface area contributed by atoms with E-state index in [1.165, 1.54) is 50.5 Å². The third-order valence-corrected chi connectivity index (χ3v) is 3.27. The van der Waals surface area contributed by atoms with Gasteiger partial charge in [0, 0.05) is 5.92 Å². The Labute approximate surface area is 108 Å². The standard InChI is InChI=1S/C16H30O/c1-4-5-6-7-8-9-11-15(2)12-10-13-16(3)14-17/h12,14,16H,4-11,13H2,1-3H3. The monoisotopic (exact) mass is 238 g/mol. The predicted molar refractivity (Wildman–Crippen MR) is 76.2 cm³/mol. The zero-order valence-corrected chi connectivity index (χ0v) is 12.0. The molecule has 0 aliphatic rings. The Hall–Kier alpha value is -0.590. The second kappa shape index (κ2) is 11.9. The topological polar surface area (TPSA) is 17.1 Å². The summed E-state index contributed by atoms with van der Waals surface area (Å²) >= 11 is 0. The lowest BCUT2D eigenvalue weighted by Gasteiger charge is -2.03. The summed E-state index contributed by atoms with van der Waals surface area (Å²) in [5.74, 6) is 0.216. The SMILES string of the molecule is CCCCCCCCC(C)=CCCC(C)C=O. The van der Waals surface area contributed by atoms with Gasteiger partial charge in [-0.15, -0.1) is 0 Å². The Kier molecular flexibility index (Phi) is 11.5. The van der Waals surface area contributed by atoms with Crippen LogP contribution in [0, 0.1) is 5.92 Å². The van der Waals surface area contributed by atoms with Gasteiger partial charge in [0.2, 0.25) is 0 Å². The van der Waals surface area contributed by atoms with Crippen molar-refractivity contribution in [3.8, 4) is 0 Å². The minimum absolute atomic E-state index is 0.216. The van der Waals surface area contributed by atoms with Gasteiger partial charge >= 0.3 is 0 Å². The maximum absolute atomic E-state index is 10.5. The first-order valence-electron chi connectivity index (χ1n) is 7.31. The highest BCUT2D eigenvalue weighted by molar-refractivity contribution is 5.52. The molecule has 0 radical (unpaired) electrons. The normalized spacial score (nSPS) is 13.7. The quantitative estimate of drug-likeness (QED) is 0.271. The zero-order valence-electron chi connectivity index (χ0n) is 12.0. The molecule has 0 aromatic heterocycles. The van der Waals surface area contributed by atoms with Gasteiger partial charge in [-0.3, -0.25) is 0 Å². The average Bonchev–Trinajstić information content (AvgIpc) is 2.33. The van der Waals surface area contributed by atoms with E-state index in [-0.39, 0.29) is 5.92 Å². The summed E-state index contributed by atoms with van der Waals surface area (Å²) in [7, 11) is 0. The zero-order chi connectivity index (χ0) is 12.9. The van der Waals surface area contributed by atoms with Crippen LogP contribution in [0.15, 0.2) is 11.6 Å². The van der Waals surface area contributed by atoms with E-state index in [0.29, 0.717) is 0 Å². The predicted octanol–water partition coefficient (Wildman–Crippen LogP) is 5.30. The molecule has 0 aromatic carbocycles. The molecule has 0 aliphatic carbocycles. The highest BCUT2D eigenvalue weighted by Crippen LogP contribution is 2.13.